The second kappa shape index (κ2) is 5.14. The van der Waals surface area contributed by atoms with E-state index < -0.39 is 0 Å². The molecule has 0 aliphatic rings. The molecule has 1 heterocycles. The van der Waals surface area contributed by atoms with Crippen molar-refractivity contribution in [2.45, 2.75) is 0 Å². The Morgan fingerprint density at radius 1 is 1.57 bits per heavy atom. The Balaban J connectivity index is 2.83. The predicted octanol–water partition coefficient (Wildman–Crippen LogP) is 1.08. The molecule has 0 saturated heterocycles. The van der Waals surface area contributed by atoms with Crippen molar-refractivity contribution in [1.29, 1.82) is 0 Å². The second-order valence-corrected chi connectivity index (χ2v) is 3.33. The van der Waals surface area contributed by atoms with Crippen molar-refractivity contribution in [1.82, 2.24) is 10.3 Å². The lowest BCUT2D eigenvalue weighted by atomic mass is 10.2. The van der Waals surface area contributed by atoms with Gasteiger partial charge in [0.2, 0.25) is 0 Å². The lowest BCUT2D eigenvalue weighted by Crippen LogP contribution is -2.29. The van der Waals surface area contributed by atoms with Gasteiger partial charge in [-0.1, -0.05) is 23.2 Å². The van der Waals surface area contributed by atoms with Gasteiger partial charge >= 0.3 is 0 Å². The highest BCUT2D eigenvalue weighted by Crippen LogP contribution is 2.17. The SMILES string of the molecule is NCCNC(=O)c1cc(Cl)ncc1Cl. The average molecular weight is 234 g/mol. The van der Waals surface area contributed by atoms with E-state index in [4.69, 9.17) is 28.9 Å². The summed E-state index contributed by atoms with van der Waals surface area (Å²) in [5.74, 6) is -0.301. The van der Waals surface area contributed by atoms with Gasteiger partial charge in [0, 0.05) is 19.3 Å². The summed E-state index contributed by atoms with van der Waals surface area (Å²) in [5.41, 5.74) is 5.54. The van der Waals surface area contributed by atoms with Gasteiger partial charge in [0.25, 0.3) is 5.91 Å². The molecule has 4 nitrogen and oxygen atoms in total. The normalized spacial score (nSPS) is 9.93. The van der Waals surface area contributed by atoms with Gasteiger partial charge in [0.1, 0.15) is 5.15 Å². The molecule has 0 radical (unpaired) electrons. The Bertz CT molecular complexity index is 343. The van der Waals surface area contributed by atoms with Crippen molar-refractivity contribution in [3.05, 3.63) is 28.0 Å². The summed E-state index contributed by atoms with van der Waals surface area (Å²) < 4.78 is 0. The molecule has 14 heavy (non-hydrogen) atoms. The zero-order chi connectivity index (χ0) is 10.6. The number of carbonyl (C=O) groups excluding carboxylic acids is 1. The zero-order valence-electron chi connectivity index (χ0n) is 7.26. The minimum absolute atomic E-state index is 0.229. The summed E-state index contributed by atoms with van der Waals surface area (Å²) in [6.07, 6.45) is 1.33. The molecule has 1 amide bonds. The monoisotopic (exact) mass is 233 g/mol. The third-order valence-corrected chi connectivity index (χ3v) is 2.00. The van der Waals surface area contributed by atoms with E-state index in [1.165, 1.54) is 12.3 Å². The number of nitrogens with two attached hydrogens (primary N) is 1. The number of amides is 1. The van der Waals surface area contributed by atoms with Gasteiger partial charge in [-0.3, -0.25) is 4.79 Å². The van der Waals surface area contributed by atoms with Crippen LogP contribution in [0.4, 0.5) is 0 Å². The number of hydrogen-bond donors (Lipinski definition) is 2. The number of hydrogen-bond acceptors (Lipinski definition) is 3. The van der Waals surface area contributed by atoms with Crippen LogP contribution in [0.1, 0.15) is 10.4 Å². The van der Waals surface area contributed by atoms with E-state index in [0.717, 1.165) is 0 Å². The Labute approximate surface area is 91.4 Å². The van der Waals surface area contributed by atoms with Crippen LogP contribution in [0.2, 0.25) is 10.2 Å². The smallest absolute Gasteiger partial charge is 0.253 e. The Kier molecular flexibility index (Phi) is 4.13. The number of aromatic nitrogens is 1. The lowest BCUT2D eigenvalue weighted by molar-refractivity contribution is 0.0955. The third kappa shape index (κ3) is 2.83. The fourth-order valence-electron chi connectivity index (χ4n) is 0.868. The van der Waals surface area contributed by atoms with Crippen LogP contribution < -0.4 is 11.1 Å². The number of carbonyl (C=O) groups is 1. The molecule has 0 unspecified atom stereocenters. The topological polar surface area (TPSA) is 68.0 Å². The molecule has 6 heteroatoms. The van der Waals surface area contributed by atoms with Gasteiger partial charge in [-0.15, -0.1) is 0 Å². The molecule has 0 aliphatic heterocycles. The summed E-state index contributed by atoms with van der Waals surface area (Å²) in [4.78, 5) is 15.2. The fraction of sp³-hybridized carbons (Fsp3) is 0.250. The summed E-state index contributed by atoms with van der Waals surface area (Å²) >= 11 is 11.4. The van der Waals surface area contributed by atoms with Crippen molar-refractivity contribution in [3.8, 4) is 0 Å². The van der Waals surface area contributed by atoms with Gasteiger partial charge in [-0.05, 0) is 6.07 Å². The molecule has 0 fully saturated rings. The number of rotatable bonds is 3. The second-order valence-electron chi connectivity index (χ2n) is 2.53. The van der Waals surface area contributed by atoms with E-state index in [-0.39, 0.29) is 16.1 Å². The van der Waals surface area contributed by atoms with Crippen LogP contribution in [0.25, 0.3) is 0 Å². The Morgan fingerprint density at radius 2 is 2.29 bits per heavy atom. The molecule has 1 aromatic rings. The number of pyridine rings is 1. The van der Waals surface area contributed by atoms with E-state index >= 15 is 0 Å². The Hall–Kier alpha value is -0.840. The van der Waals surface area contributed by atoms with Crippen LogP contribution in [-0.4, -0.2) is 24.0 Å². The summed E-state index contributed by atoms with van der Waals surface area (Å²) in [5, 5.41) is 3.08. The first-order valence-corrected chi connectivity index (χ1v) is 4.70. The molecule has 0 aliphatic carbocycles. The maximum atomic E-state index is 11.4. The molecule has 76 valence electrons. The van der Waals surface area contributed by atoms with Crippen molar-refractivity contribution in [3.63, 3.8) is 0 Å². The van der Waals surface area contributed by atoms with Gasteiger partial charge in [-0.2, -0.15) is 0 Å². The number of nitrogens with zero attached hydrogens (tertiary/aromatic N) is 1. The van der Waals surface area contributed by atoms with Crippen molar-refractivity contribution >= 4 is 29.1 Å². The van der Waals surface area contributed by atoms with Crippen molar-refractivity contribution in [2.24, 2.45) is 5.73 Å². The molecule has 3 N–H and O–H groups in total. The summed E-state index contributed by atoms with van der Waals surface area (Å²) in [6.45, 7) is 0.775. The van der Waals surface area contributed by atoms with Crippen molar-refractivity contribution in [2.75, 3.05) is 13.1 Å². The predicted molar refractivity (Wildman–Crippen MR) is 55.6 cm³/mol. The fourth-order valence-corrected chi connectivity index (χ4v) is 1.22. The molecule has 0 spiro atoms. The largest absolute Gasteiger partial charge is 0.351 e. The molecule has 1 aromatic heterocycles. The maximum Gasteiger partial charge on any atom is 0.253 e. The van der Waals surface area contributed by atoms with Crippen molar-refractivity contribution < 1.29 is 4.79 Å². The van der Waals surface area contributed by atoms with Crippen LogP contribution >= 0.6 is 23.2 Å². The van der Waals surface area contributed by atoms with E-state index in [1.807, 2.05) is 0 Å². The summed E-state index contributed by atoms with van der Waals surface area (Å²) in [6, 6.07) is 1.41. The molecule has 0 saturated carbocycles. The van der Waals surface area contributed by atoms with Crippen LogP contribution in [0.5, 0.6) is 0 Å². The highest BCUT2D eigenvalue weighted by molar-refractivity contribution is 6.35. The van der Waals surface area contributed by atoms with Crippen LogP contribution in [0.3, 0.4) is 0 Å². The molecule has 0 bridgehead atoms. The number of nitrogens with one attached hydrogen (secondary N) is 1. The van der Waals surface area contributed by atoms with E-state index in [0.29, 0.717) is 18.7 Å². The Morgan fingerprint density at radius 3 is 2.93 bits per heavy atom. The minimum Gasteiger partial charge on any atom is -0.351 e. The first kappa shape index (κ1) is 11.2. The summed E-state index contributed by atoms with van der Waals surface area (Å²) in [7, 11) is 0. The maximum absolute atomic E-state index is 11.4. The number of halogens is 2. The first-order valence-electron chi connectivity index (χ1n) is 3.94. The minimum atomic E-state index is -0.301. The quantitative estimate of drug-likeness (QED) is 0.769. The van der Waals surface area contributed by atoms with Gasteiger partial charge in [0.05, 0.1) is 10.6 Å². The standard InChI is InChI=1S/C8H9Cl2N3O/c9-6-4-13-7(10)3-5(6)8(14)12-2-1-11/h3-4H,1-2,11H2,(H,12,14). The van der Waals surface area contributed by atoms with Crippen LogP contribution in [0.15, 0.2) is 12.3 Å². The highest BCUT2D eigenvalue weighted by atomic mass is 35.5. The molecular formula is C8H9Cl2N3O. The lowest BCUT2D eigenvalue weighted by Gasteiger charge is -2.04. The van der Waals surface area contributed by atoms with E-state index in [1.54, 1.807) is 0 Å². The van der Waals surface area contributed by atoms with Gasteiger partial charge in [-0.25, -0.2) is 4.98 Å². The van der Waals surface area contributed by atoms with Gasteiger partial charge < -0.3 is 11.1 Å². The van der Waals surface area contributed by atoms with E-state index in [9.17, 15) is 4.79 Å². The van der Waals surface area contributed by atoms with Crippen LogP contribution in [-0.2, 0) is 0 Å². The molecule has 0 aromatic carbocycles. The van der Waals surface area contributed by atoms with Crippen LogP contribution in [0, 0.1) is 0 Å². The highest BCUT2D eigenvalue weighted by Gasteiger charge is 2.10. The van der Waals surface area contributed by atoms with E-state index in [2.05, 4.69) is 10.3 Å². The average Bonchev–Trinajstić information content (AvgIpc) is 2.18. The molecule has 0 atom stereocenters. The first-order chi connectivity index (χ1) is 6.65. The third-order valence-electron chi connectivity index (χ3n) is 1.50. The van der Waals surface area contributed by atoms with Gasteiger partial charge in [0.15, 0.2) is 0 Å². The molecule has 1 rings (SSSR count). The zero-order valence-corrected chi connectivity index (χ0v) is 8.77. The molecular weight excluding hydrogens is 225 g/mol.